The molecule has 0 unspecified atom stereocenters. The van der Waals surface area contributed by atoms with Gasteiger partial charge in [-0.05, 0) is 42.8 Å². The maximum Gasteiger partial charge on any atom is 0.255 e. The molecule has 0 fully saturated rings. The zero-order valence-electron chi connectivity index (χ0n) is 16.5. The molecule has 2 heterocycles. The smallest absolute Gasteiger partial charge is 0.255 e. The minimum absolute atomic E-state index is 0.0614. The second-order valence-electron chi connectivity index (χ2n) is 6.73. The SMILES string of the molecule is CNS(=O)(=O)c1ccc(CNC(=O)c2cnn(-c3ccccn3)c2C(C)C)cc1. The van der Waals surface area contributed by atoms with Crippen LogP contribution in [0.4, 0.5) is 0 Å². The van der Waals surface area contributed by atoms with E-state index in [9.17, 15) is 13.2 Å². The van der Waals surface area contributed by atoms with E-state index in [4.69, 9.17) is 0 Å². The lowest BCUT2D eigenvalue weighted by Crippen LogP contribution is -2.24. The molecular formula is C20H23N5O3S. The number of rotatable bonds is 7. The van der Waals surface area contributed by atoms with Crippen LogP contribution in [0.5, 0.6) is 0 Å². The Balaban J connectivity index is 1.77. The van der Waals surface area contributed by atoms with E-state index in [1.807, 2.05) is 32.0 Å². The number of nitrogens with one attached hydrogen (secondary N) is 2. The highest BCUT2D eigenvalue weighted by Gasteiger charge is 2.21. The van der Waals surface area contributed by atoms with Crippen molar-refractivity contribution in [2.24, 2.45) is 0 Å². The number of pyridine rings is 1. The van der Waals surface area contributed by atoms with Gasteiger partial charge in [0.25, 0.3) is 5.91 Å². The zero-order valence-corrected chi connectivity index (χ0v) is 17.3. The lowest BCUT2D eigenvalue weighted by Gasteiger charge is -2.12. The van der Waals surface area contributed by atoms with Gasteiger partial charge in [0.05, 0.1) is 22.3 Å². The van der Waals surface area contributed by atoms with Crippen molar-refractivity contribution in [1.29, 1.82) is 0 Å². The van der Waals surface area contributed by atoms with E-state index in [0.717, 1.165) is 11.3 Å². The average molecular weight is 414 g/mol. The molecule has 29 heavy (non-hydrogen) atoms. The van der Waals surface area contributed by atoms with Gasteiger partial charge < -0.3 is 5.32 Å². The van der Waals surface area contributed by atoms with Gasteiger partial charge in [-0.25, -0.2) is 22.8 Å². The Morgan fingerprint density at radius 2 is 1.86 bits per heavy atom. The second-order valence-corrected chi connectivity index (χ2v) is 8.62. The number of carbonyl (C=O) groups is 1. The van der Waals surface area contributed by atoms with Crippen molar-refractivity contribution in [2.45, 2.75) is 31.2 Å². The van der Waals surface area contributed by atoms with Crippen LogP contribution >= 0.6 is 0 Å². The lowest BCUT2D eigenvalue weighted by molar-refractivity contribution is 0.0949. The van der Waals surface area contributed by atoms with Crippen LogP contribution in [0.1, 0.15) is 41.4 Å². The van der Waals surface area contributed by atoms with Gasteiger partial charge in [0.2, 0.25) is 10.0 Å². The molecule has 1 amide bonds. The van der Waals surface area contributed by atoms with Crippen LogP contribution in [0, 0.1) is 0 Å². The molecule has 8 nitrogen and oxygen atoms in total. The van der Waals surface area contributed by atoms with E-state index in [-0.39, 0.29) is 23.3 Å². The number of benzene rings is 1. The number of carbonyl (C=O) groups excluding carboxylic acids is 1. The summed E-state index contributed by atoms with van der Waals surface area (Å²) in [6.07, 6.45) is 3.22. The van der Waals surface area contributed by atoms with E-state index >= 15 is 0 Å². The molecular weight excluding hydrogens is 390 g/mol. The predicted octanol–water partition coefficient (Wildman–Crippen LogP) is 2.23. The lowest BCUT2D eigenvalue weighted by atomic mass is 10.1. The van der Waals surface area contributed by atoms with Crippen LogP contribution < -0.4 is 10.0 Å². The van der Waals surface area contributed by atoms with Gasteiger partial charge in [0.1, 0.15) is 0 Å². The molecule has 0 aliphatic rings. The normalized spacial score (nSPS) is 11.6. The number of hydrogen-bond donors (Lipinski definition) is 2. The first-order valence-corrected chi connectivity index (χ1v) is 10.6. The third-order valence-electron chi connectivity index (χ3n) is 4.42. The first-order chi connectivity index (χ1) is 13.8. The van der Waals surface area contributed by atoms with Gasteiger partial charge in [-0.2, -0.15) is 5.10 Å². The van der Waals surface area contributed by atoms with E-state index in [1.165, 1.54) is 19.2 Å². The maximum atomic E-state index is 12.8. The quantitative estimate of drug-likeness (QED) is 0.618. The van der Waals surface area contributed by atoms with Crippen LogP contribution in [0.2, 0.25) is 0 Å². The van der Waals surface area contributed by atoms with Crippen molar-refractivity contribution in [3.05, 3.63) is 71.7 Å². The highest BCUT2D eigenvalue weighted by molar-refractivity contribution is 7.89. The van der Waals surface area contributed by atoms with E-state index in [2.05, 4.69) is 20.1 Å². The van der Waals surface area contributed by atoms with E-state index in [0.29, 0.717) is 11.4 Å². The van der Waals surface area contributed by atoms with Crippen molar-refractivity contribution in [2.75, 3.05) is 7.05 Å². The number of sulfonamides is 1. The summed E-state index contributed by atoms with van der Waals surface area (Å²) in [7, 11) is -2.12. The number of aromatic nitrogens is 3. The Bertz CT molecular complexity index is 1090. The Kier molecular flexibility index (Phi) is 6.09. The number of hydrogen-bond acceptors (Lipinski definition) is 5. The van der Waals surface area contributed by atoms with Crippen LogP contribution in [0.15, 0.2) is 59.8 Å². The molecule has 0 radical (unpaired) electrons. The molecule has 152 valence electrons. The molecule has 9 heteroatoms. The van der Waals surface area contributed by atoms with Gasteiger partial charge in [0, 0.05) is 12.7 Å². The minimum atomic E-state index is -3.48. The van der Waals surface area contributed by atoms with Crippen LogP contribution in [0.3, 0.4) is 0 Å². The van der Waals surface area contributed by atoms with Crippen LogP contribution in [-0.2, 0) is 16.6 Å². The number of amides is 1. The fourth-order valence-electron chi connectivity index (χ4n) is 2.93. The summed E-state index contributed by atoms with van der Waals surface area (Å²) in [5.41, 5.74) is 2.05. The highest BCUT2D eigenvalue weighted by Crippen LogP contribution is 2.22. The van der Waals surface area contributed by atoms with Gasteiger partial charge in [-0.3, -0.25) is 4.79 Å². The molecule has 0 aliphatic heterocycles. The van der Waals surface area contributed by atoms with Crippen molar-refractivity contribution < 1.29 is 13.2 Å². The maximum absolute atomic E-state index is 12.8. The summed E-state index contributed by atoms with van der Waals surface area (Å²) in [6.45, 7) is 4.26. The fourth-order valence-corrected chi connectivity index (χ4v) is 3.66. The molecule has 0 spiro atoms. The molecule has 3 aromatic rings. The van der Waals surface area contributed by atoms with Crippen molar-refractivity contribution in [3.63, 3.8) is 0 Å². The van der Waals surface area contributed by atoms with E-state index < -0.39 is 10.0 Å². The molecule has 0 bridgehead atoms. The third kappa shape index (κ3) is 4.52. The third-order valence-corrected chi connectivity index (χ3v) is 5.85. The topological polar surface area (TPSA) is 106 Å². The van der Waals surface area contributed by atoms with Gasteiger partial charge in [-0.15, -0.1) is 0 Å². The largest absolute Gasteiger partial charge is 0.348 e. The predicted molar refractivity (Wildman–Crippen MR) is 109 cm³/mol. The summed E-state index contributed by atoms with van der Waals surface area (Å²) in [4.78, 5) is 17.3. The molecule has 2 N–H and O–H groups in total. The zero-order chi connectivity index (χ0) is 21.0. The molecule has 0 aliphatic carbocycles. The standard InChI is InChI=1S/C20H23N5O3S/c1-14(2)19-17(13-24-25(19)18-6-4-5-11-22-18)20(26)23-12-15-7-9-16(10-8-15)29(27,28)21-3/h4-11,13-14,21H,12H2,1-3H3,(H,23,26). The van der Waals surface area contributed by atoms with Gasteiger partial charge >= 0.3 is 0 Å². The van der Waals surface area contributed by atoms with Crippen molar-refractivity contribution >= 4 is 15.9 Å². The number of nitrogens with zero attached hydrogens (tertiary/aromatic N) is 3. The fraction of sp³-hybridized carbons (Fsp3) is 0.250. The van der Waals surface area contributed by atoms with Gasteiger partial charge in [0.15, 0.2) is 5.82 Å². The Hall–Kier alpha value is -3.04. The molecule has 0 atom stereocenters. The van der Waals surface area contributed by atoms with Crippen molar-refractivity contribution in [3.8, 4) is 5.82 Å². The Labute approximate surface area is 170 Å². The summed E-state index contributed by atoms with van der Waals surface area (Å²) in [6, 6.07) is 11.9. The molecule has 0 saturated heterocycles. The Morgan fingerprint density at radius 1 is 1.14 bits per heavy atom. The first kappa shape index (κ1) is 20.7. The monoisotopic (exact) mass is 413 g/mol. The van der Waals surface area contributed by atoms with Gasteiger partial charge in [-0.1, -0.05) is 32.0 Å². The van der Waals surface area contributed by atoms with Crippen LogP contribution in [0.25, 0.3) is 5.82 Å². The average Bonchev–Trinajstić information content (AvgIpc) is 3.18. The molecule has 1 aromatic carbocycles. The van der Waals surface area contributed by atoms with Crippen LogP contribution in [-0.4, -0.2) is 36.1 Å². The van der Waals surface area contributed by atoms with Crippen molar-refractivity contribution in [1.82, 2.24) is 24.8 Å². The minimum Gasteiger partial charge on any atom is -0.348 e. The summed E-state index contributed by atoms with van der Waals surface area (Å²) >= 11 is 0. The molecule has 0 saturated carbocycles. The first-order valence-electron chi connectivity index (χ1n) is 9.13. The summed E-state index contributed by atoms with van der Waals surface area (Å²) in [5, 5.41) is 7.22. The second kappa shape index (κ2) is 8.54. The Morgan fingerprint density at radius 3 is 2.45 bits per heavy atom. The molecule has 2 aromatic heterocycles. The molecule has 3 rings (SSSR count). The highest BCUT2D eigenvalue weighted by atomic mass is 32.2. The van der Waals surface area contributed by atoms with E-state index in [1.54, 1.807) is 29.2 Å². The summed E-state index contributed by atoms with van der Waals surface area (Å²) < 4.78 is 27.5. The summed E-state index contributed by atoms with van der Waals surface area (Å²) in [5.74, 6) is 0.464.